The first-order valence-electron chi connectivity index (χ1n) is 7.64. The van der Waals surface area contributed by atoms with Gasteiger partial charge in [0.2, 0.25) is 10.0 Å². The maximum atomic E-state index is 12.7. The van der Waals surface area contributed by atoms with Crippen LogP contribution in [0.4, 0.5) is 5.69 Å². The average Bonchev–Trinajstić information content (AvgIpc) is 2.74. The summed E-state index contributed by atoms with van der Waals surface area (Å²) >= 11 is 0. The van der Waals surface area contributed by atoms with Crippen LogP contribution in [0.3, 0.4) is 0 Å². The molecule has 0 saturated carbocycles. The Morgan fingerprint density at radius 3 is 2.57 bits per heavy atom. The van der Waals surface area contributed by atoms with Crippen molar-refractivity contribution in [3.63, 3.8) is 0 Å². The highest BCUT2D eigenvalue weighted by Crippen LogP contribution is 2.26. The second-order valence-corrected chi connectivity index (χ2v) is 7.60. The molecule has 0 aromatic heterocycles. The fourth-order valence-corrected chi connectivity index (χ4v) is 4.44. The summed E-state index contributed by atoms with van der Waals surface area (Å²) in [7, 11) is -3.38. The van der Waals surface area contributed by atoms with Gasteiger partial charge >= 0.3 is 0 Å². The van der Waals surface area contributed by atoms with Crippen molar-refractivity contribution < 1.29 is 8.42 Å². The molecule has 2 rings (SSSR count). The molecule has 6 heteroatoms. The molecule has 1 unspecified atom stereocenters. The molecule has 1 fully saturated rings. The van der Waals surface area contributed by atoms with E-state index in [-0.39, 0.29) is 0 Å². The lowest BCUT2D eigenvalue weighted by Gasteiger charge is -2.20. The lowest BCUT2D eigenvalue weighted by atomic mass is 9.96. The predicted octanol–water partition coefficient (Wildman–Crippen LogP) is 2.56. The SMILES string of the molecule is CCCC1CCCN(S(=O)(=O)c2ccc(NN)cc2)CC1. The van der Waals surface area contributed by atoms with Gasteiger partial charge in [-0.15, -0.1) is 0 Å². The third kappa shape index (κ3) is 3.96. The molecule has 1 aromatic rings. The number of sulfonamides is 1. The molecule has 1 aliphatic heterocycles. The molecule has 5 nitrogen and oxygen atoms in total. The summed E-state index contributed by atoms with van der Waals surface area (Å²) in [5.41, 5.74) is 3.21. The summed E-state index contributed by atoms with van der Waals surface area (Å²) in [5.74, 6) is 5.97. The largest absolute Gasteiger partial charge is 0.324 e. The average molecular weight is 311 g/mol. The van der Waals surface area contributed by atoms with E-state index in [4.69, 9.17) is 5.84 Å². The smallest absolute Gasteiger partial charge is 0.243 e. The van der Waals surface area contributed by atoms with Crippen molar-refractivity contribution >= 4 is 15.7 Å². The van der Waals surface area contributed by atoms with Gasteiger partial charge in [0.15, 0.2) is 0 Å². The molecule has 0 bridgehead atoms. The number of nitrogens with one attached hydrogen (secondary N) is 1. The van der Waals surface area contributed by atoms with Crippen molar-refractivity contribution in [1.82, 2.24) is 4.31 Å². The lowest BCUT2D eigenvalue weighted by Crippen LogP contribution is -2.32. The van der Waals surface area contributed by atoms with E-state index in [2.05, 4.69) is 12.3 Å². The van der Waals surface area contributed by atoms with E-state index < -0.39 is 10.0 Å². The minimum Gasteiger partial charge on any atom is -0.324 e. The van der Waals surface area contributed by atoms with Crippen molar-refractivity contribution in [1.29, 1.82) is 0 Å². The molecular formula is C15H25N3O2S. The summed E-state index contributed by atoms with van der Waals surface area (Å²) in [6.07, 6.45) is 5.42. The minimum absolute atomic E-state index is 0.343. The van der Waals surface area contributed by atoms with Gasteiger partial charge in [-0.2, -0.15) is 4.31 Å². The van der Waals surface area contributed by atoms with Gasteiger partial charge in [0, 0.05) is 18.8 Å². The molecular weight excluding hydrogens is 286 g/mol. The van der Waals surface area contributed by atoms with Crippen molar-refractivity contribution in [2.24, 2.45) is 11.8 Å². The normalized spacial score (nSPS) is 21.0. The van der Waals surface area contributed by atoms with Crippen molar-refractivity contribution in [2.45, 2.75) is 43.9 Å². The van der Waals surface area contributed by atoms with Crippen molar-refractivity contribution in [3.8, 4) is 0 Å². The number of nitrogens with zero attached hydrogens (tertiary/aromatic N) is 1. The summed E-state index contributed by atoms with van der Waals surface area (Å²) in [6.45, 7) is 3.44. The highest BCUT2D eigenvalue weighted by atomic mass is 32.2. The number of hydrogen-bond donors (Lipinski definition) is 2. The number of benzene rings is 1. The van der Waals surface area contributed by atoms with Crippen molar-refractivity contribution in [3.05, 3.63) is 24.3 Å². The third-order valence-electron chi connectivity index (χ3n) is 4.16. The molecule has 1 atom stereocenters. The van der Waals surface area contributed by atoms with Crippen LogP contribution in [0.2, 0.25) is 0 Å². The zero-order valence-electron chi connectivity index (χ0n) is 12.6. The summed E-state index contributed by atoms with van der Waals surface area (Å²) in [5, 5.41) is 0. The van der Waals surface area contributed by atoms with Crippen molar-refractivity contribution in [2.75, 3.05) is 18.5 Å². The van der Waals surface area contributed by atoms with E-state index in [0.29, 0.717) is 29.6 Å². The van der Waals surface area contributed by atoms with Crippen LogP contribution in [0.5, 0.6) is 0 Å². The minimum atomic E-state index is -3.38. The number of nitrogens with two attached hydrogens (primary N) is 1. The fourth-order valence-electron chi connectivity index (χ4n) is 2.95. The van der Waals surface area contributed by atoms with Gasteiger partial charge in [-0.25, -0.2) is 8.42 Å². The van der Waals surface area contributed by atoms with Crippen LogP contribution in [0, 0.1) is 5.92 Å². The van der Waals surface area contributed by atoms with E-state index in [1.54, 1.807) is 28.6 Å². The number of rotatable bonds is 5. The fraction of sp³-hybridized carbons (Fsp3) is 0.600. The predicted molar refractivity (Wildman–Crippen MR) is 85.3 cm³/mol. The Morgan fingerprint density at radius 2 is 1.95 bits per heavy atom. The number of hydrazine groups is 1. The Balaban J connectivity index is 2.11. The Hall–Kier alpha value is -1.11. The first kappa shape index (κ1) is 16.3. The van der Waals surface area contributed by atoms with Crippen LogP contribution in [-0.2, 0) is 10.0 Å². The maximum Gasteiger partial charge on any atom is 0.243 e. The Morgan fingerprint density at radius 1 is 1.24 bits per heavy atom. The monoisotopic (exact) mass is 311 g/mol. The van der Waals surface area contributed by atoms with Crippen LogP contribution in [0.25, 0.3) is 0 Å². The van der Waals surface area contributed by atoms with Gasteiger partial charge in [0.25, 0.3) is 0 Å². The molecule has 21 heavy (non-hydrogen) atoms. The number of anilines is 1. The summed E-state index contributed by atoms with van der Waals surface area (Å²) < 4.78 is 27.0. The zero-order valence-corrected chi connectivity index (χ0v) is 13.4. The standard InChI is InChI=1S/C15H25N3O2S/c1-2-4-13-5-3-11-18(12-10-13)21(19,20)15-8-6-14(17-16)7-9-15/h6-9,13,17H,2-5,10-12,16H2,1H3. The molecule has 0 radical (unpaired) electrons. The first-order valence-corrected chi connectivity index (χ1v) is 9.08. The van der Waals surface area contributed by atoms with Crippen LogP contribution in [0.15, 0.2) is 29.2 Å². The number of nitrogen functional groups attached to an aromatic ring is 1. The first-order chi connectivity index (χ1) is 10.1. The van der Waals surface area contributed by atoms with Gasteiger partial charge in [0.05, 0.1) is 4.90 Å². The van der Waals surface area contributed by atoms with E-state index in [1.807, 2.05) is 0 Å². The summed E-state index contributed by atoms with van der Waals surface area (Å²) in [6, 6.07) is 6.59. The molecule has 0 aliphatic carbocycles. The maximum absolute atomic E-state index is 12.7. The molecule has 1 heterocycles. The van der Waals surface area contributed by atoms with Crippen LogP contribution in [-0.4, -0.2) is 25.8 Å². The Bertz CT molecular complexity index is 543. The molecule has 1 aromatic carbocycles. The molecule has 1 aliphatic rings. The van der Waals surface area contributed by atoms with E-state index in [9.17, 15) is 8.42 Å². The van der Waals surface area contributed by atoms with E-state index >= 15 is 0 Å². The van der Waals surface area contributed by atoms with Crippen LogP contribution >= 0.6 is 0 Å². The topological polar surface area (TPSA) is 75.4 Å². The molecule has 1 saturated heterocycles. The van der Waals surface area contributed by atoms with E-state index in [0.717, 1.165) is 19.3 Å². The Labute approximate surface area is 127 Å². The highest BCUT2D eigenvalue weighted by molar-refractivity contribution is 7.89. The number of hydrogen-bond acceptors (Lipinski definition) is 4. The van der Waals surface area contributed by atoms with E-state index in [1.165, 1.54) is 12.8 Å². The lowest BCUT2D eigenvalue weighted by molar-refractivity contribution is 0.400. The quantitative estimate of drug-likeness (QED) is 0.647. The Kier molecular flexibility index (Phi) is 5.61. The third-order valence-corrected chi connectivity index (χ3v) is 6.08. The van der Waals surface area contributed by atoms with Gasteiger partial charge in [-0.05, 0) is 49.4 Å². The van der Waals surface area contributed by atoms with Crippen LogP contribution < -0.4 is 11.3 Å². The van der Waals surface area contributed by atoms with Gasteiger partial charge < -0.3 is 5.43 Å². The van der Waals surface area contributed by atoms with Gasteiger partial charge in [-0.1, -0.05) is 19.8 Å². The molecule has 118 valence electrons. The summed E-state index contributed by atoms with van der Waals surface area (Å²) in [4.78, 5) is 0.343. The van der Waals surface area contributed by atoms with Gasteiger partial charge in [0.1, 0.15) is 0 Å². The second-order valence-electron chi connectivity index (χ2n) is 5.66. The zero-order chi connectivity index (χ0) is 15.3. The van der Waals surface area contributed by atoms with Gasteiger partial charge in [-0.3, -0.25) is 5.84 Å². The molecule has 0 spiro atoms. The second kappa shape index (κ2) is 7.24. The molecule has 3 N–H and O–H groups in total. The highest BCUT2D eigenvalue weighted by Gasteiger charge is 2.27. The molecule has 0 amide bonds. The van der Waals surface area contributed by atoms with Crippen LogP contribution in [0.1, 0.15) is 39.0 Å².